The zero-order valence-corrected chi connectivity index (χ0v) is 7.62. The Bertz CT molecular complexity index is 329. The van der Waals surface area contributed by atoms with Gasteiger partial charge in [-0.15, -0.1) is 0 Å². The van der Waals surface area contributed by atoms with Crippen LogP contribution in [0.1, 0.15) is 35.6 Å². The quantitative estimate of drug-likeness (QED) is 0.716. The smallest absolute Gasteiger partial charge is 0.211 e. The fourth-order valence-electron chi connectivity index (χ4n) is 1.52. The molecule has 1 fully saturated rings. The van der Waals surface area contributed by atoms with Gasteiger partial charge in [-0.1, -0.05) is 6.92 Å². The average Bonchev–Trinajstić information content (AvgIpc) is 2.70. The molecule has 2 rings (SSSR count). The second kappa shape index (κ2) is 3.00. The van der Waals surface area contributed by atoms with Crippen LogP contribution in [-0.2, 0) is 0 Å². The molecule has 0 radical (unpaired) electrons. The molecule has 1 heterocycles. The zero-order chi connectivity index (χ0) is 9.42. The number of ketones is 1. The van der Waals surface area contributed by atoms with Crippen LogP contribution in [-0.4, -0.2) is 12.3 Å². The number of carbonyl (C=O) groups excluding carboxylic acids is 1. The monoisotopic (exact) mass is 179 g/mol. The molecule has 0 bridgehead atoms. The van der Waals surface area contributed by atoms with E-state index in [9.17, 15) is 4.79 Å². The van der Waals surface area contributed by atoms with Crippen molar-refractivity contribution in [3.8, 4) is 0 Å². The van der Waals surface area contributed by atoms with Crippen molar-refractivity contribution in [1.82, 2.24) is 0 Å². The van der Waals surface area contributed by atoms with Gasteiger partial charge in [0.15, 0.2) is 5.76 Å². The summed E-state index contributed by atoms with van der Waals surface area (Å²) in [5.41, 5.74) is 5.22. The topological polar surface area (TPSA) is 56.2 Å². The summed E-state index contributed by atoms with van der Waals surface area (Å²) in [6, 6.07) is 3.60. The molecule has 70 valence electrons. The molecular weight excluding hydrogens is 166 g/mol. The molecule has 2 N–H and O–H groups in total. The molecule has 2 unspecified atom stereocenters. The van der Waals surface area contributed by atoms with E-state index >= 15 is 0 Å². The van der Waals surface area contributed by atoms with Gasteiger partial charge >= 0.3 is 0 Å². The lowest BCUT2D eigenvalue weighted by atomic mass is 10.2. The van der Waals surface area contributed by atoms with Gasteiger partial charge in [0, 0.05) is 5.92 Å². The molecule has 1 aromatic heterocycles. The fraction of sp³-hybridized carbons (Fsp3) is 0.500. The molecule has 13 heavy (non-hydrogen) atoms. The van der Waals surface area contributed by atoms with Crippen LogP contribution < -0.4 is 5.73 Å². The molecule has 1 saturated carbocycles. The summed E-state index contributed by atoms with van der Waals surface area (Å²) < 4.78 is 5.40. The first-order valence-electron chi connectivity index (χ1n) is 4.55. The number of hydrogen-bond donors (Lipinski definition) is 1. The molecule has 3 nitrogen and oxygen atoms in total. The highest BCUT2D eigenvalue weighted by atomic mass is 16.3. The summed E-state index contributed by atoms with van der Waals surface area (Å²) in [5, 5.41) is 0. The third-order valence-corrected chi connectivity index (χ3v) is 2.56. The van der Waals surface area contributed by atoms with Crippen LogP contribution in [0.25, 0.3) is 0 Å². The van der Waals surface area contributed by atoms with Gasteiger partial charge < -0.3 is 10.2 Å². The fourth-order valence-corrected chi connectivity index (χ4v) is 1.52. The van der Waals surface area contributed by atoms with Gasteiger partial charge in [0.1, 0.15) is 5.76 Å². The van der Waals surface area contributed by atoms with Crippen molar-refractivity contribution in [3.63, 3.8) is 0 Å². The molecule has 1 aromatic rings. The predicted molar refractivity (Wildman–Crippen MR) is 48.6 cm³/mol. The predicted octanol–water partition coefficient (Wildman–Crippen LogP) is 1.54. The van der Waals surface area contributed by atoms with Crippen LogP contribution in [0.3, 0.4) is 0 Å². The molecule has 0 saturated heterocycles. The van der Waals surface area contributed by atoms with Crippen molar-refractivity contribution in [1.29, 1.82) is 0 Å². The Morgan fingerprint density at radius 1 is 1.69 bits per heavy atom. The van der Waals surface area contributed by atoms with Crippen LogP contribution in [0, 0.1) is 5.92 Å². The third-order valence-electron chi connectivity index (χ3n) is 2.56. The Morgan fingerprint density at radius 3 is 2.92 bits per heavy atom. The van der Waals surface area contributed by atoms with Gasteiger partial charge in [-0.2, -0.15) is 0 Å². The van der Waals surface area contributed by atoms with Gasteiger partial charge in [-0.3, -0.25) is 4.79 Å². The summed E-state index contributed by atoms with van der Waals surface area (Å²) in [7, 11) is 0. The van der Waals surface area contributed by atoms with Crippen molar-refractivity contribution in [3.05, 3.63) is 23.7 Å². The highest BCUT2D eigenvalue weighted by molar-refractivity contribution is 5.94. The number of rotatable bonds is 3. The molecule has 3 heteroatoms. The van der Waals surface area contributed by atoms with E-state index in [-0.39, 0.29) is 12.3 Å². The zero-order valence-electron chi connectivity index (χ0n) is 7.62. The SMILES string of the molecule is CC1CC1c1ccc(C(=O)CN)o1. The summed E-state index contributed by atoms with van der Waals surface area (Å²) >= 11 is 0. The molecule has 0 aromatic carbocycles. The maximum Gasteiger partial charge on any atom is 0.211 e. The van der Waals surface area contributed by atoms with E-state index in [2.05, 4.69) is 6.92 Å². The summed E-state index contributed by atoms with van der Waals surface area (Å²) in [6.45, 7) is 2.20. The van der Waals surface area contributed by atoms with Crippen molar-refractivity contribution in [2.45, 2.75) is 19.3 Å². The first-order valence-corrected chi connectivity index (χ1v) is 4.55. The highest BCUT2D eigenvalue weighted by Gasteiger charge is 2.36. The van der Waals surface area contributed by atoms with E-state index in [0.29, 0.717) is 17.6 Å². The van der Waals surface area contributed by atoms with Crippen LogP contribution in [0.2, 0.25) is 0 Å². The Hall–Kier alpha value is -1.09. The average molecular weight is 179 g/mol. The molecule has 1 aliphatic carbocycles. The maximum atomic E-state index is 11.1. The molecule has 0 aliphatic heterocycles. The molecular formula is C10H13NO2. The van der Waals surface area contributed by atoms with Gasteiger partial charge in [-0.25, -0.2) is 0 Å². The summed E-state index contributed by atoms with van der Waals surface area (Å²) in [5.74, 6) is 2.44. The van der Waals surface area contributed by atoms with Gasteiger partial charge in [-0.05, 0) is 24.5 Å². The highest BCUT2D eigenvalue weighted by Crippen LogP contribution is 2.47. The first-order chi connectivity index (χ1) is 6.22. The summed E-state index contributed by atoms with van der Waals surface area (Å²) in [4.78, 5) is 11.1. The molecule has 1 aliphatic rings. The number of Topliss-reactive ketones (excluding diaryl/α,β-unsaturated/α-hetero) is 1. The third kappa shape index (κ3) is 1.52. The van der Waals surface area contributed by atoms with E-state index < -0.39 is 0 Å². The van der Waals surface area contributed by atoms with Crippen molar-refractivity contribution < 1.29 is 9.21 Å². The van der Waals surface area contributed by atoms with E-state index in [1.165, 1.54) is 6.42 Å². The lowest BCUT2D eigenvalue weighted by molar-refractivity contribution is 0.0973. The Morgan fingerprint density at radius 2 is 2.38 bits per heavy atom. The van der Waals surface area contributed by atoms with Gasteiger partial charge in [0.25, 0.3) is 0 Å². The van der Waals surface area contributed by atoms with Gasteiger partial charge in [0.2, 0.25) is 5.78 Å². The minimum Gasteiger partial charge on any atom is -0.458 e. The number of carbonyl (C=O) groups is 1. The molecule has 2 atom stereocenters. The van der Waals surface area contributed by atoms with Crippen LogP contribution in [0.4, 0.5) is 0 Å². The molecule has 0 amide bonds. The van der Waals surface area contributed by atoms with Crippen molar-refractivity contribution >= 4 is 5.78 Å². The minimum atomic E-state index is -0.125. The van der Waals surface area contributed by atoms with Crippen LogP contribution >= 0.6 is 0 Å². The van der Waals surface area contributed by atoms with E-state index in [1.54, 1.807) is 6.07 Å². The normalized spacial score (nSPS) is 26.0. The summed E-state index contributed by atoms with van der Waals surface area (Å²) in [6.07, 6.45) is 1.17. The lowest BCUT2D eigenvalue weighted by Crippen LogP contribution is -2.12. The Balaban J connectivity index is 2.14. The first kappa shape index (κ1) is 8.51. The second-order valence-corrected chi connectivity index (χ2v) is 3.65. The Labute approximate surface area is 76.9 Å². The largest absolute Gasteiger partial charge is 0.458 e. The van der Waals surface area contributed by atoms with Crippen LogP contribution in [0.15, 0.2) is 16.5 Å². The van der Waals surface area contributed by atoms with Crippen LogP contribution in [0.5, 0.6) is 0 Å². The minimum absolute atomic E-state index is 0.0210. The Kier molecular flexibility index (Phi) is 1.96. The lowest BCUT2D eigenvalue weighted by Gasteiger charge is -1.92. The van der Waals surface area contributed by atoms with E-state index in [0.717, 1.165) is 5.76 Å². The van der Waals surface area contributed by atoms with Crippen molar-refractivity contribution in [2.75, 3.05) is 6.54 Å². The second-order valence-electron chi connectivity index (χ2n) is 3.65. The number of nitrogens with two attached hydrogens (primary N) is 1. The number of hydrogen-bond acceptors (Lipinski definition) is 3. The van der Waals surface area contributed by atoms with E-state index in [1.807, 2.05) is 6.07 Å². The number of furan rings is 1. The molecule has 0 spiro atoms. The maximum absolute atomic E-state index is 11.1. The van der Waals surface area contributed by atoms with Gasteiger partial charge in [0.05, 0.1) is 6.54 Å². The van der Waals surface area contributed by atoms with E-state index in [4.69, 9.17) is 10.2 Å². The van der Waals surface area contributed by atoms with Crippen molar-refractivity contribution in [2.24, 2.45) is 11.7 Å². The standard InChI is InChI=1S/C10H13NO2/c1-6-4-7(6)9-2-3-10(13-9)8(12)5-11/h2-3,6-7H,4-5,11H2,1H3.